The minimum Gasteiger partial charge on any atom is -0.378 e. The predicted octanol–water partition coefficient (Wildman–Crippen LogP) is 5.82. The van der Waals surface area contributed by atoms with Crippen molar-refractivity contribution in [3.63, 3.8) is 0 Å². The SMILES string of the molecule is C=C/C=C(C=O)\C=C/Cc1cccc(CC(F)(F)C2(OC)CCN(CO/N=C(\N=C)C(C)C)CC2)c1.CN(C)C=O.CN1CCCC1. The number of allylic oxidation sites excluding steroid dienone is 5. The van der Waals surface area contributed by atoms with Gasteiger partial charge in [-0.05, 0) is 70.1 Å². The van der Waals surface area contributed by atoms with Crippen LogP contribution in [0.4, 0.5) is 8.78 Å². The van der Waals surface area contributed by atoms with Gasteiger partial charge >= 0.3 is 0 Å². The van der Waals surface area contributed by atoms with Crippen LogP contribution in [-0.2, 0) is 32.0 Å². The summed E-state index contributed by atoms with van der Waals surface area (Å²) >= 11 is 0. The van der Waals surface area contributed by atoms with Crippen molar-refractivity contribution < 1.29 is 27.9 Å². The van der Waals surface area contributed by atoms with Gasteiger partial charge in [0.25, 0.3) is 5.92 Å². The van der Waals surface area contributed by atoms with Crippen molar-refractivity contribution in [2.45, 2.75) is 63.9 Å². The van der Waals surface area contributed by atoms with Gasteiger partial charge < -0.3 is 19.4 Å². The molecule has 0 bridgehead atoms. The number of hydrogen-bond donors (Lipinski definition) is 0. The number of hydrogen-bond acceptors (Lipinski definition) is 7. The van der Waals surface area contributed by atoms with E-state index in [0.717, 1.165) is 18.3 Å². The van der Waals surface area contributed by atoms with Crippen LogP contribution >= 0.6 is 0 Å². The monoisotopic (exact) mass is 659 g/mol. The number of carbonyl (C=O) groups is 2. The van der Waals surface area contributed by atoms with Crippen molar-refractivity contribution in [3.05, 3.63) is 71.8 Å². The topological polar surface area (TPSA) is 87.0 Å². The molecule has 9 nitrogen and oxygen atoms in total. The summed E-state index contributed by atoms with van der Waals surface area (Å²) in [7, 11) is 6.91. The standard InChI is InChI=1S/C28H37F2N3O3.C5H11N.C3H7NO/c1-6-9-24(20-34)12-7-10-23-11-8-13-25(18-23)19-28(29,30)27(35-5)14-16-33(17-15-27)21-36-32-26(31-4)22(2)3;1-6-4-2-3-5-6;1-4(2)3-5/h6-9,11-13,18,20,22H,1,4,10,14-17,19,21H2,2-3,5H3;2-5H2,1H3;3H,1-2H3/b12-7-,24-9+,32-26-;;. The van der Waals surface area contributed by atoms with Gasteiger partial charge in [-0.3, -0.25) is 14.5 Å². The van der Waals surface area contributed by atoms with Crippen molar-refractivity contribution in [2.75, 3.05) is 61.2 Å². The minimum atomic E-state index is -3.06. The van der Waals surface area contributed by atoms with Gasteiger partial charge in [-0.15, -0.1) is 0 Å². The van der Waals surface area contributed by atoms with Gasteiger partial charge in [0.15, 0.2) is 12.6 Å². The van der Waals surface area contributed by atoms with E-state index in [-0.39, 0.29) is 25.5 Å². The molecule has 0 spiro atoms. The lowest BCUT2D eigenvalue weighted by Crippen LogP contribution is -2.57. The molecule has 262 valence electrons. The molecule has 0 aromatic heterocycles. The largest absolute Gasteiger partial charge is 0.378 e. The highest BCUT2D eigenvalue weighted by Crippen LogP contribution is 2.42. The summed E-state index contributed by atoms with van der Waals surface area (Å²) in [5.74, 6) is -2.47. The van der Waals surface area contributed by atoms with Gasteiger partial charge in [-0.2, -0.15) is 0 Å². The van der Waals surface area contributed by atoms with E-state index >= 15 is 8.78 Å². The van der Waals surface area contributed by atoms with Gasteiger partial charge in [0.2, 0.25) is 6.41 Å². The molecule has 2 aliphatic heterocycles. The summed E-state index contributed by atoms with van der Waals surface area (Å²) in [5.41, 5.74) is 0.369. The van der Waals surface area contributed by atoms with E-state index in [1.54, 1.807) is 44.4 Å². The zero-order valence-corrected chi connectivity index (χ0v) is 29.2. The molecule has 1 aromatic carbocycles. The first-order chi connectivity index (χ1) is 22.4. The Morgan fingerprint density at radius 1 is 1.13 bits per heavy atom. The van der Waals surface area contributed by atoms with Crippen LogP contribution in [0.5, 0.6) is 0 Å². The number of rotatable bonds is 14. The van der Waals surface area contributed by atoms with Gasteiger partial charge in [-0.1, -0.05) is 74.2 Å². The van der Waals surface area contributed by atoms with Crippen molar-refractivity contribution >= 4 is 25.2 Å². The summed E-state index contributed by atoms with van der Waals surface area (Å²) in [5, 5.41) is 3.99. The molecule has 0 saturated carbocycles. The molecule has 0 unspecified atom stereocenters. The second kappa shape index (κ2) is 22.1. The molecule has 47 heavy (non-hydrogen) atoms. The zero-order chi connectivity index (χ0) is 35.3. The number of likely N-dealkylation sites (tertiary alicyclic amines) is 2. The summed E-state index contributed by atoms with van der Waals surface area (Å²) < 4.78 is 36.7. The van der Waals surface area contributed by atoms with E-state index in [1.165, 1.54) is 44.0 Å². The summed E-state index contributed by atoms with van der Waals surface area (Å²) in [6.45, 7) is 14.6. The maximum absolute atomic E-state index is 15.6. The Balaban J connectivity index is 0.000000847. The number of piperidine rings is 1. The average Bonchev–Trinajstić information content (AvgIpc) is 3.54. The van der Waals surface area contributed by atoms with Crippen molar-refractivity contribution in [3.8, 4) is 0 Å². The Labute approximate surface area is 280 Å². The van der Waals surface area contributed by atoms with E-state index in [4.69, 9.17) is 9.57 Å². The Morgan fingerprint density at radius 3 is 2.21 bits per heavy atom. The number of benzene rings is 1. The number of oxime groups is 1. The molecule has 2 fully saturated rings. The normalized spacial score (nSPS) is 17.3. The van der Waals surface area contributed by atoms with Crippen LogP contribution in [0.3, 0.4) is 0 Å². The summed E-state index contributed by atoms with van der Waals surface area (Å²) in [4.78, 5) is 35.4. The number of halogens is 2. The Hall–Kier alpha value is -3.54. The zero-order valence-electron chi connectivity index (χ0n) is 29.2. The molecule has 3 rings (SSSR count). The minimum absolute atomic E-state index is 0.0844. The fourth-order valence-corrected chi connectivity index (χ4v) is 5.02. The lowest BCUT2D eigenvalue weighted by atomic mass is 9.82. The summed E-state index contributed by atoms with van der Waals surface area (Å²) in [6.07, 6.45) is 11.4. The molecule has 1 aromatic rings. The quantitative estimate of drug-likeness (QED) is 0.0626. The lowest BCUT2D eigenvalue weighted by molar-refractivity contribution is -0.218. The third-order valence-corrected chi connectivity index (χ3v) is 7.87. The number of nitrogens with zero attached hydrogens (tertiary/aromatic N) is 5. The van der Waals surface area contributed by atoms with Crippen molar-refractivity contribution in [1.82, 2.24) is 14.7 Å². The smallest absolute Gasteiger partial charge is 0.280 e. The highest BCUT2D eigenvalue weighted by Gasteiger charge is 2.55. The van der Waals surface area contributed by atoms with Crippen LogP contribution in [-0.4, -0.2) is 113 Å². The van der Waals surface area contributed by atoms with E-state index in [1.807, 2.05) is 30.9 Å². The number of amidine groups is 1. The molecule has 0 aliphatic carbocycles. The molecule has 0 radical (unpaired) electrons. The molecule has 2 aliphatic rings. The molecule has 0 atom stereocenters. The molecule has 2 saturated heterocycles. The third kappa shape index (κ3) is 15.3. The molecular weight excluding hydrogens is 604 g/mol. The molecule has 11 heteroatoms. The third-order valence-electron chi connectivity index (χ3n) is 7.87. The fraction of sp³-hybridized carbons (Fsp3) is 0.556. The first-order valence-corrected chi connectivity index (χ1v) is 16.0. The number of alkyl halides is 2. The number of amides is 1. The van der Waals surface area contributed by atoms with E-state index in [0.29, 0.717) is 36.5 Å². The summed E-state index contributed by atoms with van der Waals surface area (Å²) in [6, 6.07) is 7.14. The number of aliphatic imine (C=N–C) groups is 1. The van der Waals surface area contributed by atoms with Crippen LogP contribution in [0.15, 0.2) is 70.9 Å². The second-order valence-corrected chi connectivity index (χ2v) is 12.2. The number of methoxy groups -OCH3 is 1. The molecule has 1 amide bonds. The van der Waals surface area contributed by atoms with Crippen LogP contribution in [0, 0.1) is 5.92 Å². The number of ether oxygens (including phenoxy) is 1. The second-order valence-electron chi connectivity index (χ2n) is 12.2. The Kier molecular flexibility index (Phi) is 19.5. The number of carbonyl (C=O) groups excluding carboxylic acids is 2. The highest BCUT2D eigenvalue weighted by atomic mass is 19.3. The van der Waals surface area contributed by atoms with Gasteiger partial charge in [-0.25, -0.2) is 13.8 Å². The van der Waals surface area contributed by atoms with Crippen LogP contribution in [0.1, 0.15) is 50.7 Å². The van der Waals surface area contributed by atoms with Crippen LogP contribution < -0.4 is 0 Å². The van der Waals surface area contributed by atoms with Gasteiger partial charge in [0.05, 0.1) is 0 Å². The van der Waals surface area contributed by atoms with E-state index < -0.39 is 17.9 Å². The fourth-order valence-electron chi connectivity index (χ4n) is 5.02. The van der Waals surface area contributed by atoms with Crippen LogP contribution in [0.2, 0.25) is 0 Å². The van der Waals surface area contributed by atoms with Crippen molar-refractivity contribution in [1.29, 1.82) is 0 Å². The molecular formula is C36H55F2N5O4. The molecule has 0 N–H and O–H groups in total. The first-order valence-electron chi connectivity index (χ1n) is 16.0. The predicted molar refractivity (Wildman–Crippen MR) is 187 cm³/mol. The van der Waals surface area contributed by atoms with Crippen LogP contribution in [0.25, 0.3) is 0 Å². The highest BCUT2D eigenvalue weighted by molar-refractivity contribution is 5.87. The van der Waals surface area contributed by atoms with E-state index in [9.17, 15) is 9.59 Å². The van der Waals surface area contributed by atoms with Gasteiger partial charge in [0.1, 0.15) is 11.9 Å². The maximum Gasteiger partial charge on any atom is 0.280 e. The Bertz CT molecular complexity index is 1190. The first kappa shape index (κ1) is 41.5. The Morgan fingerprint density at radius 2 is 1.74 bits per heavy atom. The molecule has 2 heterocycles. The van der Waals surface area contributed by atoms with Gasteiger partial charge in [0, 0.05) is 52.2 Å². The maximum atomic E-state index is 15.6. The van der Waals surface area contributed by atoms with E-state index in [2.05, 4.69) is 35.4 Å². The lowest BCUT2D eigenvalue weighted by Gasteiger charge is -2.44. The number of aldehydes is 1. The van der Waals surface area contributed by atoms with Crippen molar-refractivity contribution in [2.24, 2.45) is 16.1 Å². The average molecular weight is 660 g/mol.